The first kappa shape index (κ1) is 15.7. The smallest absolute Gasteiger partial charge is 0.121 e. The van der Waals surface area contributed by atoms with Gasteiger partial charge in [0.2, 0.25) is 0 Å². The van der Waals surface area contributed by atoms with Crippen LogP contribution < -0.4 is 10.4 Å². The Hall–Kier alpha value is -2.78. The molecule has 0 saturated carbocycles. The first-order chi connectivity index (χ1) is 12.4. The molecule has 0 saturated heterocycles. The number of hydrogen-bond acceptors (Lipinski definition) is 2. The molecule has 0 bridgehead atoms. The summed E-state index contributed by atoms with van der Waals surface area (Å²) in [6.07, 6.45) is 4.56. The van der Waals surface area contributed by atoms with Crippen LogP contribution in [0.25, 0.3) is 11.0 Å². The van der Waals surface area contributed by atoms with Gasteiger partial charge in [-0.3, -0.25) is 9.97 Å². The van der Waals surface area contributed by atoms with Crippen LogP contribution in [-0.4, -0.2) is 18.8 Å². The van der Waals surface area contributed by atoms with E-state index in [1.807, 2.05) is 0 Å². The number of benzene rings is 3. The second-order valence-electron chi connectivity index (χ2n) is 6.09. The Kier molecular flexibility index (Phi) is 4.66. The van der Waals surface area contributed by atoms with Crippen molar-refractivity contribution in [3.8, 4) is 0 Å². The van der Waals surface area contributed by atoms with Crippen LogP contribution in [0.2, 0.25) is 6.04 Å². The van der Waals surface area contributed by atoms with E-state index in [9.17, 15) is 0 Å². The minimum Gasteiger partial charge on any atom is -0.253 e. The quantitative estimate of drug-likeness (QED) is 0.520. The Morgan fingerprint density at radius 2 is 1.24 bits per heavy atom. The second kappa shape index (κ2) is 7.41. The van der Waals surface area contributed by atoms with Gasteiger partial charge in [0, 0.05) is 12.4 Å². The summed E-state index contributed by atoms with van der Waals surface area (Å²) in [6, 6.07) is 29.5. The molecule has 2 nitrogen and oxygen atoms in total. The molecule has 0 N–H and O–H groups in total. The molecule has 25 heavy (non-hydrogen) atoms. The van der Waals surface area contributed by atoms with E-state index >= 15 is 0 Å². The highest BCUT2D eigenvalue weighted by atomic mass is 28.3. The van der Waals surface area contributed by atoms with E-state index in [-0.39, 0.29) is 0 Å². The van der Waals surface area contributed by atoms with Gasteiger partial charge in [0.25, 0.3) is 0 Å². The van der Waals surface area contributed by atoms with E-state index in [2.05, 4.69) is 88.8 Å². The Labute approximate surface area is 149 Å². The molecule has 0 atom stereocenters. The van der Waals surface area contributed by atoms with Gasteiger partial charge in [-0.05, 0) is 30.2 Å². The predicted molar refractivity (Wildman–Crippen MR) is 106 cm³/mol. The first-order valence-electron chi connectivity index (χ1n) is 8.56. The normalized spacial score (nSPS) is 11.1. The number of rotatable bonds is 5. The molecular formula is C22H19N2Si. The van der Waals surface area contributed by atoms with Crippen molar-refractivity contribution in [1.29, 1.82) is 0 Å². The van der Waals surface area contributed by atoms with E-state index in [4.69, 9.17) is 0 Å². The van der Waals surface area contributed by atoms with Crippen LogP contribution in [0.15, 0.2) is 91.3 Å². The lowest BCUT2D eigenvalue weighted by molar-refractivity contribution is 1.12. The Morgan fingerprint density at radius 3 is 1.88 bits per heavy atom. The fourth-order valence-corrected chi connectivity index (χ4v) is 5.81. The van der Waals surface area contributed by atoms with Crippen molar-refractivity contribution in [2.75, 3.05) is 0 Å². The van der Waals surface area contributed by atoms with Gasteiger partial charge in [-0.25, -0.2) is 0 Å². The van der Waals surface area contributed by atoms with Gasteiger partial charge in [0.15, 0.2) is 0 Å². The summed E-state index contributed by atoms with van der Waals surface area (Å²) in [5, 5.41) is 2.94. The third-order valence-corrected chi connectivity index (χ3v) is 7.25. The molecule has 4 rings (SSSR count). The van der Waals surface area contributed by atoms with E-state index in [0.717, 1.165) is 17.5 Å². The molecule has 0 aliphatic heterocycles. The molecule has 0 spiro atoms. The Morgan fingerprint density at radius 1 is 0.640 bits per heavy atom. The monoisotopic (exact) mass is 339 g/mol. The van der Waals surface area contributed by atoms with Crippen LogP contribution in [0.1, 0.15) is 5.56 Å². The lowest BCUT2D eigenvalue weighted by Gasteiger charge is -2.16. The van der Waals surface area contributed by atoms with Gasteiger partial charge in [-0.2, -0.15) is 0 Å². The maximum atomic E-state index is 4.43. The van der Waals surface area contributed by atoms with Crippen LogP contribution in [-0.2, 0) is 6.42 Å². The van der Waals surface area contributed by atoms with E-state index < -0.39 is 8.80 Å². The maximum absolute atomic E-state index is 4.43. The molecule has 0 aliphatic carbocycles. The van der Waals surface area contributed by atoms with E-state index in [1.165, 1.54) is 22.0 Å². The molecule has 0 fully saturated rings. The highest BCUT2D eigenvalue weighted by Gasteiger charge is 2.16. The number of aromatic nitrogens is 2. The van der Waals surface area contributed by atoms with Crippen LogP contribution in [0.5, 0.6) is 0 Å². The van der Waals surface area contributed by atoms with Crippen LogP contribution in [0.3, 0.4) is 0 Å². The highest BCUT2D eigenvalue weighted by molar-refractivity contribution is 6.85. The van der Waals surface area contributed by atoms with Crippen LogP contribution in [0, 0.1) is 0 Å². The molecule has 4 aromatic rings. The lowest BCUT2D eigenvalue weighted by atomic mass is 10.1. The standard InChI is InChI=1S/C22H19N2Si/c1-3-7-19(8-4-1)25(20-9-5-2-6-10-20)16-13-18-11-12-21-22(17-18)24-15-14-23-21/h1-12,14-15,17H,13,16H2. The predicted octanol–water partition coefficient (Wildman–Crippen LogP) is 3.48. The molecule has 0 aliphatic rings. The zero-order valence-corrected chi connectivity index (χ0v) is 15.0. The van der Waals surface area contributed by atoms with Crippen molar-refractivity contribution in [2.45, 2.75) is 12.5 Å². The van der Waals surface area contributed by atoms with Crippen molar-refractivity contribution >= 4 is 30.2 Å². The maximum Gasteiger partial charge on any atom is 0.121 e. The molecule has 3 heteroatoms. The van der Waals surface area contributed by atoms with Gasteiger partial charge < -0.3 is 0 Å². The molecule has 1 aromatic heterocycles. The van der Waals surface area contributed by atoms with Crippen LogP contribution in [0.4, 0.5) is 0 Å². The first-order valence-corrected chi connectivity index (χ1v) is 10.3. The van der Waals surface area contributed by atoms with Crippen LogP contribution >= 0.6 is 0 Å². The second-order valence-corrected chi connectivity index (χ2v) is 8.70. The average molecular weight is 339 g/mol. The molecular weight excluding hydrogens is 320 g/mol. The van der Waals surface area contributed by atoms with E-state index in [0.29, 0.717) is 0 Å². The van der Waals surface area contributed by atoms with Gasteiger partial charge in [0.05, 0.1) is 11.0 Å². The summed E-state index contributed by atoms with van der Waals surface area (Å²) in [5.74, 6) is 0. The fraction of sp³-hybridized carbons (Fsp3) is 0.0909. The minimum absolute atomic E-state index is 0.786. The molecule has 1 heterocycles. The van der Waals surface area contributed by atoms with Crippen molar-refractivity contribution in [2.24, 2.45) is 0 Å². The van der Waals surface area contributed by atoms with Gasteiger partial charge in [0.1, 0.15) is 8.80 Å². The minimum atomic E-state index is -0.786. The average Bonchev–Trinajstić information content (AvgIpc) is 2.70. The SMILES string of the molecule is c1ccc([Si](CCc2ccc3nccnc3c2)c2ccccc2)cc1. The van der Waals surface area contributed by atoms with E-state index in [1.54, 1.807) is 12.4 Å². The highest BCUT2D eigenvalue weighted by Crippen LogP contribution is 2.13. The van der Waals surface area contributed by atoms with Crippen molar-refractivity contribution in [1.82, 2.24) is 9.97 Å². The van der Waals surface area contributed by atoms with Crippen molar-refractivity contribution in [3.05, 3.63) is 96.8 Å². The molecule has 0 unspecified atom stereocenters. The van der Waals surface area contributed by atoms with Gasteiger partial charge in [-0.1, -0.05) is 77.1 Å². The zero-order valence-electron chi connectivity index (χ0n) is 14.0. The molecule has 3 aromatic carbocycles. The molecule has 121 valence electrons. The Balaban J connectivity index is 1.60. The largest absolute Gasteiger partial charge is 0.253 e. The molecule has 0 amide bonds. The Bertz CT molecular complexity index is 915. The summed E-state index contributed by atoms with van der Waals surface area (Å²) >= 11 is 0. The summed E-state index contributed by atoms with van der Waals surface area (Å²) in [4.78, 5) is 8.79. The zero-order chi connectivity index (χ0) is 16.9. The third-order valence-electron chi connectivity index (χ3n) is 4.44. The van der Waals surface area contributed by atoms with Gasteiger partial charge >= 0.3 is 0 Å². The topological polar surface area (TPSA) is 25.8 Å². The third kappa shape index (κ3) is 3.67. The number of fused-ring (bicyclic) bond motifs is 1. The summed E-state index contributed by atoms with van der Waals surface area (Å²) in [5.41, 5.74) is 3.28. The number of aryl methyl sites for hydroxylation is 1. The summed E-state index contributed by atoms with van der Waals surface area (Å²) in [6.45, 7) is 0. The number of hydrogen-bond donors (Lipinski definition) is 0. The number of nitrogens with zero attached hydrogens (tertiary/aromatic N) is 2. The van der Waals surface area contributed by atoms with Crippen molar-refractivity contribution < 1.29 is 0 Å². The summed E-state index contributed by atoms with van der Waals surface area (Å²) in [7, 11) is -0.786. The summed E-state index contributed by atoms with van der Waals surface area (Å²) < 4.78 is 0. The lowest BCUT2D eigenvalue weighted by Crippen LogP contribution is -2.42. The molecule has 1 radical (unpaired) electrons. The fourth-order valence-electron chi connectivity index (χ4n) is 3.17. The van der Waals surface area contributed by atoms with Gasteiger partial charge in [-0.15, -0.1) is 0 Å². The van der Waals surface area contributed by atoms with Crippen molar-refractivity contribution in [3.63, 3.8) is 0 Å².